The lowest BCUT2D eigenvalue weighted by Crippen LogP contribution is -2.25. The second kappa shape index (κ2) is 6.04. The van der Waals surface area contributed by atoms with Crippen LogP contribution in [0.2, 0.25) is 10.0 Å². The first-order valence-electron chi connectivity index (χ1n) is 5.37. The molecule has 0 bridgehead atoms. The van der Waals surface area contributed by atoms with Gasteiger partial charge in [0, 0.05) is 6.07 Å². The molecule has 0 saturated carbocycles. The lowest BCUT2D eigenvalue weighted by atomic mass is 10.3. The second-order valence-corrected chi connectivity index (χ2v) is 4.43. The van der Waals surface area contributed by atoms with Crippen LogP contribution in [0.4, 0.5) is 4.39 Å². The minimum absolute atomic E-state index is 0.0811. The van der Waals surface area contributed by atoms with E-state index >= 15 is 0 Å². The van der Waals surface area contributed by atoms with Crippen LogP contribution in [0.3, 0.4) is 0 Å². The van der Waals surface area contributed by atoms with E-state index in [1.165, 1.54) is 24.4 Å². The zero-order valence-corrected chi connectivity index (χ0v) is 11.2. The molecule has 0 unspecified atom stereocenters. The Morgan fingerprint density at radius 1 is 1.37 bits per heavy atom. The average Bonchev–Trinajstić information content (AvgIpc) is 2.39. The Bertz CT molecular complexity index is 646. The fourth-order valence-electron chi connectivity index (χ4n) is 1.41. The molecular weight excluding hydrogens is 294 g/mol. The van der Waals surface area contributed by atoms with Gasteiger partial charge in [0.15, 0.2) is 0 Å². The molecule has 4 nitrogen and oxygen atoms in total. The van der Waals surface area contributed by atoms with E-state index in [4.69, 9.17) is 27.9 Å². The highest BCUT2D eigenvalue weighted by molar-refractivity contribution is 6.41. The summed E-state index contributed by atoms with van der Waals surface area (Å²) >= 11 is 11.4. The molecule has 7 heteroatoms. The number of ether oxygens (including phenoxy) is 1. The Labute approximate surface area is 118 Å². The third kappa shape index (κ3) is 3.45. The van der Waals surface area contributed by atoms with Gasteiger partial charge in [-0.3, -0.25) is 4.79 Å². The Morgan fingerprint density at radius 3 is 2.89 bits per heavy atom. The molecular formula is C12H9Cl2FN2O2. The van der Waals surface area contributed by atoms with Crippen LogP contribution in [0.5, 0.6) is 5.75 Å². The van der Waals surface area contributed by atoms with Crippen molar-refractivity contribution in [1.29, 1.82) is 0 Å². The van der Waals surface area contributed by atoms with Gasteiger partial charge in [-0.2, -0.15) is 5.10 Å². The fraction of sp³-hybridized carbons (Fsp3) is 0.167. The molecule has 19 heavy (non-hydrogen) atoms. The molecule has 0 spiro atoms. The summed E-state index contributed by atoms with van der Waals surface area (Å²) < 4.78 is 19.3. The molecule has 1 aromatic heterocycles. The Morgan fingerprint density at radius 2 is 2.16 bits per heavy atom. The molecule has 0 aliphatic carbocycles. The van der Waals surface area contributed by atoms with Gasteiger partial charge in [0.1, 0.15) is 23.2 Å². The second-order valence-electron chi connectivity index (χ2n) is 3.64. The highest BCUT2D eigenvalue weighted by Gasteiger charge is 2.07. The number of hydrogen-bond donors (Lipinski definition) is 0. The molecule has 0 amide bonds. The molecule has 0 aliphatic rings. The minimum atomic E-state index is -0.489. The summed E-state index contributed by atoms with van der Waals surface area (Å²) in [5, 5.41) is 3.85. The van der Waals surface area contributed by atoms with Crippen LogP contribution in [0.1, 0.15) is 0 Å². The lowest BCUT2D eigenvalue weighted by Gasteiger charge is -2.08. The third-order valence-corrected chi connectivity index (χ3v) is 3.06. The topological polar surface area (TPSA) is 44.1 Å². The monoisotopic (exact) mass is 302 g/mol. The summed E-state index contributed by atoms with van der Waals surface area (Å²) in [7, 11) is 0. The van der Waals surface area contributed by atoms with E-state index in [0.29, 0.717) is 5.75 Å². The Balaban J connectivity index is 2.00. The average molecular weight is 303 g/mol. The predicted molar refractivity (Wildman–Crippen MR) is 70.4 cm³/mol. The van der Waals surface area contributed by atoms with E-state index < -0.39 is 5.56 Å². The van der Waals surface area contributed by atoms with Crippen molar-refractivity contribution in [3.8, 4) is 5.75 Å². The van der Waals surface area contributed by atoms with Crippen molar-refractivity contribution in [2.45, 2.75) is 6.54 Å². The number of aromatic nitrogens is 2. The summed E-state index contributed by atoms with van der Waals surface area (Å²) in [6.45, 7) is 0.348. The Kier molecular flexibility index (Phi) is 4.39. The summed E-state index contributed by atoms with van der Waals surface area (Å²) in [6, 6.07) is 5.73. The quantitative estimate of drug-likeness (QED) is 0.872. The Hall–Kier alpha value is -1.59. The van der Waals surface area contributed by atoms with Gasteiger partial charge >= 0.3 is 0 Å². The van der Waals surface area contributed by atoms with Crippen molar-refractivity contribution in [2.75, 3.05) is 6.61 Å². The van der Waals surface area contributed by atoms with Gasteiger partial charge in [-0.05, 0) is 12.1 Å². The summed E-state index contributed by atoms with van der Waals surface area (Å²) in [5.74, 6) is -0.00422. The van der Waals surface area contributed by atoms with Crippen molar-refractivity contribution in [3.05, 3.63) is 56.7 Å². The summed E-state index contributed by atoms with van der Waals surface area (Å²) in [5.41, 5.74) is -0.489. The predicted octanol–water partition coefficient (Wildman–Crippen LogP) is 2.77. The first-order valence-corrected chi connectivity index (χ1v) is 6.13. The highest BCUT2D eigenvalue weighted by atomic mass is 35.5. The number of hydrogen-bond acceptors (Lipinski definition) is 3. The van der Waals surface area contributed by atoms with Crippen molar-refractivity contribution >= 4 is 23.2 Å². The maximum absolute atomic E-state index is 12.9. The first kappa shape index (κ1) is 13.8. The molecule has 0 radical (unpaired) electrons. The summed E-state index contributed by atoms with van der Waals surface area (Å²) in [4.78, 5) is 11.7. The molecule has 1 aromatic carbocycles. The van der Waals surface area contributed by atoms with Crippen LogP contribution in [-0.4, -0.2) is 16.4 Å². The molecule has 0 atom stereocenters. The van der Waals surface area contributed by atoms with Crippen molar-refractivity contribution in [2.24, 2.45) is 0 Å². The molecule has 0 N–H and O–H groups in total. The number of rotatable bonds is 4. The van der Waals surface area contributed by atoms with Crippen LogP contribution in [0, 0.1) is 5.82 Å². The SMILES string of the molecule is O=c1c(Cl)c(Cl)cnn1CCOc1cccc(F)c1. The van der Waals surface area contributed by atoms with Gasteiger partial charge in [0.25, 0.3) is 5.56 Å². The van der Waals surface area contributed by atoms with Gasteiger partial charge in [0.05, 0.1) is 17.8 Å². The van der Waals surface area contributed by atoms with Crippen molar-refractivity contribution in [3.63, 3.8) is 0 Å². The van der Waals surface area contributed by atoms with E-state index in [1.807, 2.05) is 0 Å². The van der Waals surface area contributed by atoms with Crippen LogP contribution in [-0.2, 0) is 6.54 Å². The van der Waals surface area contributed by atoms with Crippen LogP contribution in [0.25, 0.3) is 0 Å². The van der Waals surface area contributed by atoms with Crippen LogP contribution >= 0.6 is 23.2 Å². The third-order valence-electron chi connectivity index (χ3n) is 2.31. The van der Waals surface area contributed by atoms with E-state index in [9.17, 15) is 9.18 Å². The van der Waals surface area contributed by atoms with Gasteiger partial charge in [-0.25, -0.2) is 9.07 Å². The van der Waals surface area contributed by atoms with Crippen LogP contribution in [0.15, 0.2) is 35.3 Å². The molecule has 0 aliphatic heterocycles. The van der Waals surface area contributed by atoms with Gasteiger partial charge in [-0.15, -0.1) is 0 Å². The normalized spacial score (nSPS) is 10.5. The molecule has 0 fully saturated rings. The van der Waals surface area contributed by atoms with E-state index in [-0.39, 0.29) is 29.0 Å². The van der Waals surface area contributed by atoms with E-state index in [1.54, 1.807) is 6.07 Å². The highest BCUT2D eigenvalue weighted by Crippen LogP contribution is 2.15. The van der Waals surface area contributed by atoms with Crippen molar-refractivity contribution in [1.82, 2.24) is 9.78 Å². The number of benzene rings is 1. The molecule has 100 valence electrons. The maximum atomic E-state index is 12.9. The molecule has 2 aromatic rings. The molecule has 0 saturated heterocycles. The van der Waals surface area contributed by atoms with Crippen LogP contribution < -0.4 is 10.3 Å². The molecule has 2 rings (SSSR count). The van der Waals surface area contributed by atoms with Gasteiger partial charge < -0.3 is 4.74 Å². The first-order chi connectivity index (χ1) is 9.08. The fourth-order valence-corrected chi connectivity index (χ4v) is 1.68. The van der Waals surface area contributed by atoms with E-state index in [2.05, 4.69) is 5.10 Å². The standard InChI is InChI=1S/C12H9Cl2FN2O2/c13-10-7-16-17(12(18)11(10)14)4-5-19-9-3-1-2-8(15)6-9/h1-3,6-7H,4-5H2. The molecule has 1 heterocycles. The summed E-state index contributed by atoms with van der Waals surface area (Å²) in [6.07, 6.45) is 1.29. The number of nitrogens with zero attached hydrogens (tertiary/aromatic N) is 2. The van der Waals surface area contributed by atoms with E-state index in [0.717, 1.165) is 4.68 Å². The smallest absolute Gasteiger partial charge is 0.287 e. The van der Waals surface area contributed by atoms with Gasteiger partial charge in [0.2, 0.25) is 0 Å². The zero-order valence-electron chi connectivity index (χ0n) is 9.65. The lowest BCUT2D eigenvalue weighted by molar-refractivity contribution is 0.286. The van der Waals surface area contributed by atoms with Crippen molar-refractivity contribution < 1.29 is 9.13 Å². The maximum Gasteiger partial charge on any atom is 0.287 e. The minimum Gasteiger partial charge on any atom is -0.492 e. The number of halogens is 3. The largest absolute Gasteiger partial charge is 0.492 e. The zero-order chi connectivity index (χ0) is 13.8. The van der Waals surface area contributed by atoms with Gasteiger partial charge in [-0.1, -0.05) is 29.3 Å².